The molecule has 100 valence electrons. The molecule has 0 aromatic heterocycles. The van der Waals surface area contributed by atoms with Crippen LogP contribution in [0, 0.1) is 0 Å². The molecule has 18 heavy (non-hydrogen) atoms. The summed E-state index contributed by atoms with van der Waals surface area (Å²) in [7, 11) is 3.39. The first kappa shape index (κ1) is 13.2. The quantitative estimate of drug-likeness (QED) is 0.818. The molecule has 2 rings (SSSR count). The van der Waals surface area contributed by atoms with Gasteiger partial charge in [-0.15, -0.1) is 0 Å². The fourth-order valence-corrected chi connectivity index (χ4v) is 2.79. The van der Waals surface area contributed by atoms with Crippen molar-refractivity contribution in [2.24, 2.45) is 0 Å². The van der Waals surface area contributed by atoms with Crippen molar-refractivity contribution in [3.63, 3.8) is 0 Å². The summed E-state index contributed by atoms with van der Waals surface area (Å²) in [5.74, 6) is 1.67. The predicted molar refractivity (Wildman–Crippen MR) is 73.5 cm³/mol. The molecule has 1 heterocycles. The Bertz CT molecular complexity index is 417. The third-order valence-electron chi connectivity index (χ3n) is 3.82. The number of rotatable bonds is 4. The van der Waals surface area contributed by atoms with Crippen molar-refractivity contribution in [2.45, 2.75) is 32.7 Å². The Hall–Kier alpha value is -1.22. The summed E-state index contributed by atoms with van der Waals surface area (Å²) in [6.07, 6.45) is 2.30. The van der Waals surface area contributed by atoms with E-state index in [1.54, 1.807) is 14.2 Å². The number of nitrogens with zero attached hydrogens (tertiary/aromatic N) is 1. The van der Waals surface area contributed by atoms with Gasteiger partial charge in [-0.1, -0.05) is 6.92 Å². The van der Waals surface area contributed by atoms with E-state index in [9.17, 15) is 0 Å². The monoisotopic (exact) mass is 249 g/mol. The van der Waals surface area contributed by atoms with Gasteiger partial charge >= 0.3 is 0 Å². The highest BCUT2D eigenvalue weighted by Gasteiger charge is 2.25. The number of ether oxygens (including phenoxy) is 2. The van der Waals surface area contributed by atoms with E-state index in [0.717, 1.165) is 31.0 Å². The molecular weight excluding hydrogens is 226 g/mol. The van der Waals surface area contributed by atoms with Gasteiger partial charge in [0.25, 0.3) is 0 Å². The van der Waals surface area contributed by atoms with Gasteiger partial charge in [0.1, 0.15) is 0 Å². The van der Waals surface area contributed by atoms with Crippen LogP contribution in [0.15, 0.2) is 12.1 Å². The molecule has 0 bridgehead atoms. The highest BCUT2D eigenvalue weighted by molar-refractivity contribution is 5.49. The molecule has 0 fully saturated rings. The summed E-state index contributed by atoms with van der Waals surface area (Å²) in [4.78, 5) is 2.54. The van der Waals surface area contributed by atoms with Crippen molar-refractivity contribution in [3.8, 4) is 11.5 Å². The van der Waals surface area contributed by atoms with Gasteiger partial charge in [-0.25, -0.2) is 0 Å². The Morgan fingerprint density at radius 1 is 1.22 bits per heavy atom. The molecule has 1 aliphatic heterocycles. The van der Waals surface area contributed by atoms with E-state index in [-0.39, 0.29) is 0 Å². The average Bonchev–Trinajstić information content (AvgIpc) is 2.41. The maximum absolute atomic E-state index is 5.40. The molecule has 0 amide bonds. The molecular formula is C15H23NO2. The van der Waals surface area contributed by atoms with E-state index < -0.39 is 0 Å². The molecule has 0 radical (unpaired) electrons. The zero-order valence-corrected chi connectivity index (χ0v) is 11.8. The smallest absolute Gasteiger partial charge is 0.161 e. The fourth-order valence-electron chi connectivity index (χ4n) is 2.79. The van der Waals surface area contributed by atoms with E-state index in [1.165, 1.54) is 17.5 Å². The molecule has 0 spiro atoms. The Morgan fingerprint density at radius 3 is 2.50 bits per heavy atom. The molecule has 1 aliphatic rings. The second-order valence-electron chi connectivity index (χ2n) is 4.87. The topological polar surface area (TPSA) is 21.7 Å². The van der Waals surface area contributed by atoms with Crippen LogP contribution in [0.3, 0.4) is 0 Å². The number of hydrogen-bond donors (Lipinski definition) is 0. The second-order valence-corrected chi connectivity index (χ2v) is 4.87. The minimum Gasteiger partial charge on any atom is -0.493 e. The second kappa shape index (κ2) is 5.61. The maximum Gasteiger partial charge on any atom is 0.161 e. The lowest BCUT2D eigenvalue weighted by Crippen LogP contribution is -2.34. The highest BCUT2D eigenvalue weighted by Crippen LogP contribution is 2.37. The van der Waals surface area contributed by atoms with Crippen molar-refractivity contribution in [1.29, 1.82) is 0 Å². The van der Waals surface area contributed by atoms with Crippen LogP contribution in [-0.4, -0.2) is 32.2 Å². The van der Waals surface area contributed by atoms with Crippen molar-refractivity contribution in [2.75, 3.05) is 27.3 Å². The van der Waals surface area contributed by atoms with Gasteiger partial charge in [-0.05, 0) is 49.6 Å². The Kier molecular flexibility index (Phi) is 4.12. The van der Waals surface area contributed by atoms with Crippen molar-refractivity contribution >= 4 is 0 Å². The van der Waals surface area contributed by atoms with Crippen LogP contribution in [0.4, 0.5) is 0 Å². The third kappa shape index (κ3) is 2.32. The number of methoxy groups -OCH3 is 2. The first-order valence-corrected chi connectivity index (χ1v) is 6.70. The van der Waals surface area contributed by atoms with Gasteiger partial charge < -0.3 is 9.47 Å². The zero-order valence-electron chi connectivity index (χ0n) is 11.8. The first-order chi connectivity index (χ1) is 8.71. The molecule has 3 nitrogen and oxygen atoms in total. The van der Waals surface area contributed by atoms with Crippen LogP contribution in [0.25, 0.3) is 0 Å². The lowest BCUT2D eigenvalue weighted by molar-refractivity contribution is 0.198. The third-order valence-corrected chi connectivity index (χ3v) is 3.82. The first-order valence-electron chi connectivity index (χ1n) is 6.70. The van der Waals surface area contributed by atoms with Crippen LogP contribution in [-0.2, 0) is 6.42 Å². The van der Waals surface area contributed by atoms with Gasteiger partial charge in [0.05, 0.1) is 14.2 Å². The van der Waals surface area contributed by atoms with Gasteiger partial charge in [-0.3, -0.25) is 4.90 Å². The molecule has 0 saturated carbocycles. The van der Waals surface area contributed by atoms with Crippen molar-refractivity contribution in [3.05, 3.63) is 23.3 Å². The normalized spacial score (nSPS) is 19.4. The average molecular weight is 249 g/mol. The summed E-state index contributed by atoms with van der Waals surface area (Å²) in [6.45, 7) is 6.81. The molecule has 0 aliphatic carbocycles. The lowest BCUT2D eigenvalue weighted by Gasteiger charge is -2.35. The fraction of sp³-hybridized carbons (Fsp3) is 0.600. The van der Waals surface area contributed by atoms with Crippen molar-refractivity contribution < 1.29 is 9.47 Å². The van der Waals surface area contributed by atoms with E-state index in [4.69, 9.17) is 9.47 Å². The van der Waals surface area contributed by atoms with Crippen LogP contribution >= 0.6 is 0 Å². The summed E-state index contributed by atoms with van der Waals surface area (Å²) in [5.41, 5.74) is 2.78. The van der Waals surface area contributed by atoms with Crippen molar-refractivity contribution in [1.82, 2.24) is 4.90 Å². The Morgan fingerprint density at radius 2 is 1.89 bits per heavy atom. The number of hydrogen-bond acceptors (Lipinski definition) is 3. The van der Waals surface area contributed by atoms with E-state index in [2.05, 4.69) is 30.9 Å². The van der Waals surface area contributed by atoms with Gasteiger partial charge in [0.15, 0.2) is 11.5 Å². The molecule has 0 N–H and O–H groups in total. The summed E-state index contributed by atoms with van der Waals surface area (Å²) in [5, 5.41) is 0. The minimum atomic E-state index is 0.466. The molecule has 1 aromatic carbocycles. The van der Waals surface area contributed by atoms with Gasteiger partial charge in [0.2, 0.25) is 0 Å². The summed E-state index contributed by atoms with van der Waals surface area (Å²) >= 11 is 0. The van der Waals surface area contributed by atoms with E-state index >= 15 is 0 Å². The van der Waals surface area contributed by atoms with Gasteiger partial charge in [0, 0.05) is 12.6 Å². The number of benzene rings is 1. The zero-order chi connectivity index (χ0) is 13.1. The van der Waals surface area contributed by atoms with Crippen LogP contribution < -0.4 is 9.47 Å². The largest absolute Gasteiger partial charge is 0.493 e. The maximum atomic E-state index is 5.40. The molecule has 0 unspecified atom stereocenters. The SMILES string of the molecule is CCCN1CCc2cc(OC)c(OC)cc2[C@@H]1C. The van der Waals surface area contributed by atoms with Gasteiger partial charge in [-0.2, -0.15) is 0 Å². The highest BCUT2D eigenvalue weighted by atomic mass is 16.5. The van der Waals surface area contributed by atoms with Crippen LogP contribution in [0.5, 0.6) is 11.5 Å². The van der Waals surface area contributed by atoms with E-state index in [1.807, 2.05) is 0 Å². The van der Waals surface area contributed by atoms with Crippen LogP contribution in [0.2, 0.25) is 0 Å². The minimum absolute atomic E-state index is 0.466. The molecule has 3 heteroatoms. The Balaban J connectivity index is 2.35. The lowest BCUT2D eigenvalue weighted by atomic mass is 9.92. The van der Waals surface area contributed by atoms with Crippen LogP contribution in [0.1, 0.15) is 37.4 Å². The van der Waals surface area contributed by atoms with E-state index in [0.29, 0.717) is 6.04 Å². The Labute approximate surface area is 110 Å². The number of fused-ring (bicyclic) bond motifs is 1. The molecule has 1 atom stereocenters. The summed E-state index contributed by atoms with van der Waals surface area (Å²) in [6, 6.07) is 4.74. The summed E-state index contributed by atoms with van der Waals surface area (Å²) < 4.78 is 10.8. The molecule has 0 saturated heterocycles. The standard InChI is InChI=1S/C15H23NO2/c1-5-7-16-8-6-12-9-14(17-3)15(18-4)10-13(12)11(16)2/h9-11H,5-8H2,1-4H3/t11-/m0/s1. The predicted octanol–water partition coefficient (Wildman–Crippen LogP) is 3.03. The molecule has 1 aromatic rings.